The van der Waals surface area contributed by atoms with E-state index >= 15 is 0 Å². The molecule has 20 heavy (non-hydrogen) atoms. The van der Waals surface area contributed by atoms with E-state index in [4.69, 9.17) is 5.11 Å². The summed E-state index contributed by atoms with van der Waals surface area (Å²) < 4.78 is 0. The molecule has 7 nitrogen and oxygen atoms in total. The quantitative estimate of drug-likeness (QED) is 0.603. The third-order valence-corrected chi connectivity index (χ3v) is 2.90. The van der Waals surface area contributed by atoms with Gasteiger partial charge in [0.05, 0.1) is 17.4 Å². The van der Waals surface area contributed by atoms with Gasteiger partial charge in [0.15, 0.2) is 0 Å². The predicted molar refractivity (Wildman–Crippen MR) is 71.0 cm³/mol. The molecule has 1 aromatic rings. The Hall–Kier alpha value is -2.46. The summed E-state index contributed by atoms with van der Waals surface area (Å²) in [5, 5.41) is 28.7. The number of benzene rings is 1. The van der Waals surface area contributed by atoms with Crippen LogP contribution in [0.5, 0.6) is 0 Å². The summed E-state index contributed by atoms with van der Waals surface area (Å²) in [7, 11) is 0. The van der Waals surface area contributed by atoms with Crippen LogP contribution in [0.3, 0.4) is 0 Å². The minimum Gasteiger partial charge on any atom is -0.481 e. The van der Waals surface area contributed by atoms with Crippen molar-refractivity contribution in [2.75, 3.05) is 13.1 Å². The van der Waals surface area contributed by atoms with Crippen LogP contribution < -0.4 is 0 Å². The largest absolute Gasteiger partial charge is 0.481 e. The molecule has 0 saturated carbocycles. The highest BCUT2D eigenvalue weighted by atomic mass is 16.6. The third kappa shape index (κ3) is 4.03. The Morgan fingerprint density at radius 2 is 2.30 bits per heavy atom. The number of nitriles is 1. The van der Waals surface area contributed by atoms with E-state index in [0.717, 1.165) is 0 Å². The number of aliphatic carboxylic acids is 1. The number of hydrogen-bond acceptors (Lipinski definition) is 5. The van der Waals surface area contributed by atoms with Crippen molar-refractivity contribution >= 4 is 11.7 Å². The fourth-order valence-electron chi connectivity index (χ4n) is 1.88. The van der Waals surface area contributed by atoms with Crippen LogP contribution in [0.15, 0.2) is 24.3 Å². The van der Waals surface area contributed by atoms with Crippen molar-refractivity contribution in [1.82, 2.24) is 4.90 Å². The van der Waals surface area contributed by atoms with Crippen LogP contribution in [-0.2, 0) is 4.79 Å². The van der Waals surface area contributed by atoms with Gasteiger partial charge in [-0.1, -0.05) is 19.1 Å². The van der Waals surface area contributed by atoms with Crippen molar-refractivity contribution in [2.24, 2.45) is 0 Å². The van der Waals surface area contributed by atoms with Crippen molar-refractivity contribution in [1.29, 1.82) is 5.26 Å². The molecule has 1 N–H and O–H groups in total. The predicted octanol–water partition coefficient (Wildman–Crippen LogP) is 1.96. The number of nitro groups is 1. The summed E-state index contributed by atoms with van der Waals surface area (Å²) in [6, 6.07) is 7.22. The maximum Gasteiger partial charge on any atom is 0.304 e. The van der Waals surface area contributed by atoms with Gasteiger partial charge in [-0.3, -0.25) is 19.8 Å². The first-order valence-electron chi connectivity index (χ1n) is 6.09. The molecular formula is C13H15N3O4. The lowest BCUT2D eigenvalue weighted by Gasteiger charge is -2.25. The second-order valence-electron chi connectivity index (χ2n) is 4.16. The molecule has 1 rings (SSSR count). The maximum atomic E-state index is 10.7. The number of carboxylic acids is 1. The van der Waals surface area contributed by atoms with Crippen molar-refractivity contribution in [3.8, 4) is 6.07 Å². The van der Waals surface area contributed by atoms with Gasteiger partial charge in [-0.2, -0.15) is 5.26 Å². The van der Waals surface area contributed by atoms with Crippen molar-refractivity contribution in [3.05, 3.63) is 39.9 Å². The average Bonchev–Trinajstić information content (AvgIpc) is 2.43. The summed E-state index contributed by atoms with van der Waals surface area (Å²) >= 11 is 0. The Bertz CT molecular complexity index is 539. The van der Waals surface area contributed by atoms with Crippen LogP contribution in [0.1, 0.15) is 24.9 Å². The first kappa shape index (κ1) is 15.6. The molecule has 1 unspecified atom stereocenters. The minimum atomic E-state index is -0.945. The number of non-ortho nitro benzene ring substituents is 1. The Labute approximate surface area is 116 Å². The van der Waals surface area contributed by atoms with Gasteiger partial charge in [-0.05, 0) is 12.1 Å². The highest BCUT2D eigenvalue weighted by Crippen LogP contribution is 2.23. The van der Waals surface area contributed by atoms with Gasteiger partial charge in [0, 0.05) is 18.7 Å². The Morgan fingerprint density at radius 1 is 1.60 bits per heavy atom. The number of nitro benzene ring substituents is 1. The van der Waals surface area contributed by atoms with E-state index in [1.165, 1.54) is 18.2 Å². The Morgan fingerprint density at radius 3 is 2.80 bits per heavy atom. The van der Waals surface area contributed by atoms with E-state index < -0.39 is 16.9 Å². The number of nitrogens with zero attached hydrogens (tertiary/aromatic N) is 3. The number of carboxylic acid groups (broad SMARTS) is 1. The molecule has 1 atom stereocenters. The van der Waals surface area contributed by atoms with E-state index in [1.807, 2.05) is 6.92 Å². The second-order valence-corrected chi connectivity index (χ2v) is 4.16. The van der Waals surface area contributed by atoms with Gasteiger partial charge in [0.2, 0.25) is 0 Å². The second kappa shape index (κ2) is 7.21. The van der Waals surface area contributed by atoms with Gasteiger partial charge in [-0.15, -0.1) is 0 Å². The molecule has 0 amide bonds. The molecule has 7 heteroatoms. The molecule has 0 aliphatic rings. The summed E-state index contributed by atoms with van der Waals surface area (Å²) in [6.45, 7) is 2.50. The molecule has 1 aromatic carbocycles. The summed E-state index contributed by atoms with van der Waals surface area (Å²) in [5.74, 6) is -0.945. The molecule has 0 aliphatic carbocycles. The zero-order chi connectivity index (χ0) is 15.1. The van der Waals surface area contributed by atoms with Crippen LogP contribution in [0.25, 0.3) is 0 Å². The van der Waals surface area contributed by atoms with Crippen molar-refractivity contribution in [3.63, 3.8) is 0 Å². The van der Waals surface area contributed by atoms with E-state index in [0.29, 0.717) is 12.1 Å². The lowest BCUT2D eigenvalue weighted by molar-refractivity contribution is -0.384. The molecule has 0 radical (unpaired) electrons. The SMILES string of the molecule is CCN(CCC(=O)O)C(C#N)c1cccc([N+](=O)[O-])c1. The molecule has 0 aromatic heterocycles. The van der Waals surface area contributed by atoms with Crippen molar-refractivity contribution < 1.29 is 14.8 Å². The van der Waals surface area contributed by atoms with E-state index in [-0.39, 0.29) is 18.7 Å². The summed E-state index contributed by atoms with van der Waals surface area (Å²) in [4.78, 5) is 22.5. The van der Waals surface area contributed by atoms with E-state index in [2.05, 4.69) is 6.07 Å². The number of carbonyl (C=O) groups is 1. The highest BCUT2D eigenvalue weighted by Gasteiger charge is 2.21. The summed E-state index contributed by atoms with van der Waals surface area (Å²) in [6.07, 6.45) is -0.0824. The lowest BCUT2D eigenvalue weighted by Crippen LogP contribution is -2.30. The zero-order valence-electron chi connectivity index (χ0n) is 11.0. The van der Waals surface area contributed by atoms with E-state index in [1.54, 1.807) is 11.0 Å². The molecule has 0 aliphatic heterocycles. The zero-order valence-corrected chi connectivity index (χ0v) is 11.0. The molecule has 106 valence electrons. The topological polar surface area (TPSA) is 107 Å². The van der Waals surface area contributed by atoms with E-state index in [9.17, 15) is 20.2 Å². The van der Waals surface area contributed by atoms with Gasteiger partial charge >= 0.3 is 5.97 Å². The summed E-state index contributed by atoms with van der Waals surface area (Å²) in [5.41, 5.74) is 0.408. The molecule has 0 fully saturated rings. The third-order valence-electron chi connectivity index (χ3n) is 2.90. The van der Waals surface area contributed by atoms with Crippen molar-refractivity contribution in [2.45, 2.75) is 19.4 Å². The highest BCUT2D eigenvalue weighted by molar-refractivity contribution is 5.66. The minimum absolute atomic E-state index is 0.0824. The standard InChI is InChI=1S/C13H15N3O4/c1-2-15(7-6-13(17)18)12(9-14)10-4-3-5-11(8-10)16(19)20/h3-5,8,12H,2,6-7H2,1H3,(H,17,18). The normalized spacial score (nSPS) is 11.8. The van der Waals surface area contributed by atoms with Gasteiger partial charge in [-0.25, -0.2) is 0 Å². The Kier molecular flexibility index (Phi) is 5.62. The van der Waals surface area contributed by atoms with Crippen LogP contribution in [-0.4, -0.2) is 34.0 Å². The average molecular weight is 277 g/mol. The van der Waals surface area contributed by atoms with Crippen LogP contribution >= 0.6 is 0 Å². The number of rotatable bonds is 7. The monoisotopic (exact) mass is 277 g/mol. The van der Waals surface area contributed by atoms with Gasteiger partial charge < -0.3 is 5.11 Å². The number of hydrogen-bond donors (Lipinski definition) is 1. The molecule has 0 heterocycles. The Balaban J connectivity index is 2.99. The fourth-order valence-corrected chi connectivity index (χ4v) is 1.88. The van der Waals surface area contributed by atoms with Gasteiger partial charge in [0.1, 0.15) is 6.04 Å². The molecule has 0 saturated heterocycles. The smallest absolute Gasteiger partial charge is 0.304 e. The fraction of sp³-hybridized carbons (Fsp3) is 0.385. The molecular weight excluding hydrogens is 262 g/mol. The van der Waals surface area contributed by atoms with Gasteiger partial charge in [0.25, 0.3) is 5.69 Å². The van der Waals surface area contributed by atoms with Crippen LogP contribution in [0.2, 0.25) is 0 Å². The molecule has 0 spiro atoms. The van der Waals surface area contributed by atoms with Crippen LogP contribution in [0, 0.1) is 21.4 Å². The molecule has 0 bridgehead atoms. The maximum absolute atomic E-state index is 10.7. The van der Waals surface area contributed by atoms with Crippen LogP contribution in [0.4, 0.5) is 5.69 Å². The first-order chi connectivity index (χ1) is 9.49. The lowest BCUT2D eigenvalue weighted by atomic mass is 10.1. The first-order valence-corrected chi connectivity index (χ1v) is 6.09.